The van der Waals surface area contributed by atoms with Crippen LogP contribution in [-0.4, -0.2) is 32.1 Å². The van der Waals surface area contributed by atoms with Gasteiger partial charge in [0.25, 0.3) is 0 Å². The van der Waals surface area contributed by atoms with Crippen molar-refractivity contribution in [2.45, 2.75) is 6.54 Å². The van der Waals surface area contributed by atoms with Crippen LogP contribution in [0, 0.1) is 0 Å². The number of carbonyl (C=O) groups excluding carboxylic acids is 1. The summed E-state index contributed by atoms with van der Waals surface area (Å²) < 4.78 is 11.5. The Balaban J connectivity index is 2.05. The van der Waals surface area contributed by atoms with Crippen LogP contribution < -0.4 is 9.47 Å². The highest BCUT2D eigenvalue weighted by Gasteiger charge is 2.08. The van der Waals surface area contributed by atoms with Gasteiger partial charge in [0.2, 0.25) is 5.91 Å². The van der Waals surface area contributed by atoms with Crippen LogP contribution in [0.4, 0.5) is 0 Å². The molecular formula is C17H18BrNO3S. The molecule has 0 bridgehead atoms. The molecule has 1 heterocycles. The number of carbonyl (C=O) groups is 1. The Morgan fingerprint density at radius 1 is 1.22 bits per heavy atom. The molecule has 1 aromatic heterocycles. The average molecular weight is 396 g/mol. The van der Waals surface area contributed by atoms with Gasteiger partial charge in [-0.2, -0.15) is 0 Å². The lowest BCUT2D eigenvalue weighted by molar-refractivity contribution is -0.125. The van der Waals surface area contributed by atoms with E-state index < -0.39 is 0 Å². The van der Waals surface area contributed by atoms with Gasteiger partial charge in [0.15, 0.2) is 0 Å². The molecule has 1 aromatic carbocycles. The van der Waals surface area contributed by atoms with Gasteiger partial charge in [-0.1, -0.05) is 0 Å². The number of benzene rings is 1. The third kappa shape index (κ3) is 5.11. The summed E-state index contributed by atoms with van der Waals surface area (Å²) in [7, 11) is 4.98. The van der Waals surface area contributed by atoms with Gasteiger partial charge >= 0.3 is 0 Å². The molecule has 122 valence electrons. The molecule has 0 radical (unpaired) electrons. The molecule has 0 atom stereocenters. The lowest BCUT2D eigenvalue weighted by Gasteiger charge is -2.13. The zero-order valence-electron chi connectivity index (χ0n) is 13.2. The van der Waals surface area contributed by atoms with E-state index in [-0.39, 0.29) is 5.91 Å². The van der Waals surface area contributed by atoms with Gasteiger partial charge < -0.3 is 14.4 Å². The molecule has 6 heteroatoms. The fourth-order valence-corrected chi connectivity index (χ4v) is 3.51. The Morgan fingerprint density at radius 3 is 2.39 bits per heavy atom. The fourth-order valence-electron chi connectivity index (χ4n) is 1.97. The average Bonchev–Trinajstić information content (AvgIpc) is 2.96. The number of amides is 1. The highest BCUT2D eigenvalue weighted by molar-refractivity contribution is 9.11. The van der Waals surface area contributed by atoms with Crippen LogP contribution in [0.3, 0.4) is 0 Å². The van der Waals surface area contributed by atoms with Crippen LogP contribution in [0.5, 0.6) is 11.5 Å². The van der Waals surface area contributed by atoms with E-state index in [1.165, 1.54) is 0 Å². The molecule has 2 aromatic rings. The Labute approximate surface area is 148 Å². The topological polar surface area (TPSA) is 38.8 Å². The van der Waals surface area contributed by atoms with Gasteiger partial charge in [-0.05, 0) is 51.8 Å². The summed E-state index contributed by atoms with van der Waals surface area (Å²) in [6, 6.07) is 9.48. The van der Waals surface area contributed by atoms with Crippen molar-refractivity contribution in [3.8, 4) is 11.5 Å². The summed E-state index contributed by atoms with van der Waals surface area (Å²) in [5.74, 6) is 1.32. The molecule has 0 unspecified atom stereocenters. The summed E-state index contributed by atoms with van der Waals surface area (Å²) >= 11 is 5.05. The summed E-state index contributed by atoms with van der Waals surface area (Å²) in [6.45, 7) is 0.584. The van der Waals surface area contributed by atoms with Gasteiger partial charge in [0.05, 0.1) is 24.6 Å². The number of nitrogens with zero attached hydrogens (tertiary/aromatic N) is 1. The van der Waals surface area contributed by atoms with E-state index in [9.17, 15) is 4.79 Å². The SMILES string of the molecule is COc1cc(/C=C/C(=O)N(C)Cc2ccc(Br)s2)cc(OC)c1. The molecule has 1 amide bonds. The highest BCUT2D eigenvalue weighted by atomic mass is 79.9. The number of halogens is 1. The molecule has 0 saturated heterocycles. The minimum absolute atomic E-state index is 0.0590. The molecule has 0 aliphatic carbocycles. The maximum atomic E-state index is 12.2. The van der Waals surface area contributed by atoms with Crippen molar-refractivity contribution in [1.29, 1.82) is 0 Å². The van der Waals surface area contributed by atoms with E-state index in [4.69, 9.17) is 9.47 Å². The molecule has 0 aliphatic rings. The first-order valence-electron chi connectivity index (χ1n) is 6.92. The molecule has 0 N–H and O–H groups in total. The molecule has 0 spiro atoms. The first-order chi connectivity index (χ1) is 11.0. The first-order valence-corrected chi connectivity index (χ1v) is 8.53. The predicted molar refractivity (Wildman–Crippen MR) is 97.1 cm³/mol. The molecule has 4 nitrogen and oxygen atoms in total. The van der Waals surface area contributed by atoms with Crippen molar-refractivity contribution in [1.82, 2.24) is 4.90 Å². The molecule has 0 aliphatic heterocycles. The third-order valence-electron chi connectivity index (χ3n) is 3.19. The standard InChI is InChI=1S/C17H18BrNO3S/c1-19(11-15-5-6-16(18)23-15)17(20)7-4-12-8-13(21-2)10-14(9-12)22-3/h4-10H,11H2,1-3H3/b7-4+. The molecule has 0 saturated carbocycles. The zero-order valence-corrected chi connectivity index (χ0v) is 15.6. The number of hydrogen-bond donors (Lipinski definition) is 0. The van der Waals surface area contributed by atoms with E-state index in [0.717, 1.165) is 14.2 Å². The minimum atomic E-state index is -0.0590. The summed E-state index contributed by atoms with van der Waals surface area (Å²) in [6.07, 6.45) is 3.31. The molecule has 23 heavy (non-hydrogen) atoms. The van der Waals surface area contributed by atoms with E-state index in [0.29, 0.717) is 18.0 Å². The van der Waals surface area contributed by atoms with Crippen molar-refractivity contribution in [3.05, 3.63) is 50.6 Å². The monoisotopic (exact) mass is 395 g/mol. The normalized spacial score (nSPS) is 10.8. The second-order valence-corrected chi connectivity index (χ2v) is 7.43. The minimum Gasteiger partial charge on any atom is -0.497 e. The van der Waals surface area contributed by atoms with Crippen molar-refractivity contribution in [2.24, 2.45) is 0 Å². The van der Waals surface area contributed by atoms with Crippen LogP contribution in [0.15, 0.2) is 40.2 Å². The van der Waals surface area contributed by atoms with Crippen LogP contribution in [0.25, 0.3) is 6.08 Å². The second kappa shape index (κ2) is 8.17. The molecule has 2 rings (SSSR count). The quantitative estimate of drug-likeness (QED) is 0.687. The number of thiophene rings is 1. The Kier molecular flexibility index (Phi) is 6.24. The number of rotatable bonds is 6. The van der Waals surface area contributed by atoms with Crippen molar-refractivity contribution in [2.75, 3.05) is 21.3 Å². The van der Waals surface area contributed by atoms with Crippen molar-refractivity contribution >= 4 is 39.2 Å². The lowest BCUT2D eigenvalue weighted by atomic mass is 10.2. The van der Waals surface area contributed by atoms with Gasteiger partial charge in [0.1, 0.15) is 11.5 Å². The number of methoxy groups -OCH3 is 2. The van der Waals surface area contributed by atoms with E-state index >= 15 is 0 Å². The van der Waals surface area contributed by atoms with Crippen LogP contribution in [0.2, 0.25) is 0 Å². The number of likely N-dealkylation sites (N-methyl/N-ethyl adjacent to an activating group) is 1. The van der Waals surface area contributed by atoms with Crippen LogP contribution in [0.1, 0.15) is 10.4 Å². The van der Waals surface area contributed by atoms with Crippen LogP contribution in [-0.2, 0) is 11.3 Å². The van der Waals surface area contributed by atoms with Gasteiger partial charge in [-0.25, -0.2) is 0 Å². The molecular weight excluding hydrogens is 378 g/mol. The lowest BCUT2D eigenvalue weighted by Crippen LogP contribution is -2.23. The fraction of sp³-hybridized carbons (Fsp3) is 0.235. The van der Waals surface area contributed by atoms with Gasteiger partial charge in [0, 0.05) is 24.1 Å². The largest absolute Gasteiger partial charge is 0.497 e. The van der Waals surface area contributed by atoms with E-state index in [1.54, 1.807) is 55.7 Å². The summed E-state index contributed by atoms with van der Waals surface area (Å²) in [5, 5.41) is 0. The van der Waals surface area contributed by atoms with E-state index in [1.807, 2.05) is 24.3 Å². The summed E-state index contributed by atoms with van der Waals surface area (Å²) in [4.78, 5) is 15.0. The van der Waals surface area contributed by atoms with Gasteiger partial charge in [-0.3, -0.25) is 4.79 Å². The smallest absolute Gasteiger partial charge is 0.246 e. The Bertz CT molecular complexity index is 689. The maximum Gasteiger partial charge on any atom is 0.246 e. The van der Waals surface area contributed by atoms with E-state index in [2.05, 4.69) is 15.9 Å². The summed E-state index contributed by atoms with van der Waals surface area (Å²) in [5.41, 5.74) is 0.849. The number of ether oxygens (including phenoxy) is 2. The van der Waals surface area contributed by atoms with Crippen molar-refractivity contribution < 1.29 is 14.3 Å². The Hall–Kier alpha value is -1.79. The maximum absolute atomic E-state index is 12.2. The van der Waals surface area contributed by atoms with Crippen LogP contribution >= 0.6 is 27.3 Å². The zero-order chi connectivity index (χ0) is 16.8. The predicted octanol–water partition coefficient (Wildman–Crippen LogP) is 4.20. The first kappa shape index (κ1) is 17.6. The Morgan fingerprint density at radius 2 is 1.87 bits per heavy atom. The van der Waals surface area contributed by atoms with Gasteiger partial charge in [-0.15, -0.1) is 11.3 Å². The highest BCUT2D eigenvalue weighted by Crippen LogP contribution is 2.24. The van der Waals surface area contributed by atoms with Crippen molar-refractivity contribution in [3.63, 3.8) is 0 Å². The third-order valence-corrected chi connectivity index (χ3v) is 4.80. The molecule has 0 fully saturated rings. The second-order valence-electron chi connectivity index (χ2n) is 4.88. The number of hydrogen-bond acceptors (Lipinski definition) is 4.